The van der Waals surface area contributed by atoms with E-state index in [2.05, 4.69) is 45.6 Å². The van der Waals surface area contributed by atoms with Crippen molar-refractivity contribution in [1.29, 1.82) is 5.26 Å². The summed E-state index contributed by atoms with van der Waals surface area (Å²) in [5, 5.41) is 10.1. The number of carbonyl (C=O) groups is 2. The van der Waals surface area contributed by atoms with E-state index in [0.717, 1.165) is 29.7 Å². The van der Waals surface area contributed by atoms with Gasteiger partial charge in [-0.05, 0) is 44.1 Å². The quantitative estimate of drug-likeness (QED) is 0.622. The van der Waals surface area contributed by atoms with Gasteiger partial charge in [-0.15, -0.1) is 0 Å². The van der Waals surface area contributed by atoms with E-state index >= 15 is 0 Å². The molecule has 4 heterocycles. The van der Waals surface area contributed by atoms with Crippen molar-refractivity contribution in [2.45, 2.75) is 72.0 Å². The predicted molar refractivity (Wildman–Crippen MR) is 129 cm³/mol. The number of nitrogens with zero attached hydrogens (tertiary/aromatic N) is 5. The molecule has 0 spiro atoms. The Bertz CT molecular complexity index is 997. The van der Waals surface area contributed by atoms with Crippen LogP contribution in [0.1, 0.15) is 75.8 Å². The summed E-state index contributed by atoms with van der Waals surface area (Å²) in [7, 11) is 0. The Morgan fingerprint density at radius 2 is 1.62 bits per heavy atom. The van der Waals surface area contributed by atoms with Crippen LogP contribution >= 0.6 is 0 Å². The Labute approximate surface area is 202 Å². The lowest BCUT2D eigenvalue weighted by Gasteiger charge is -2.39. The molecule has 184 valence electrons. The molecule has 0 unspecified atom stereocenters. The second-order valence-corrected chi connectivity index (χ2v) is 10.9. The van der Waals surface area contributed by atoms with Gasteiger partial charge in [-0.25, -0.2) is 4.98 Å². The molecular formula is C26H37N5O3. The van der Waals surface area contributed by atoms with E-state index in [1.165, 1.54) is 0 Å². The molecule has 0 bridgehead atoms. The van der Waals surface area contributed by atoms with E-state index in [1.807, 2.05) is 0 Å². The van der Waals surface area contributed by atoms with Gasteiger partial charge in [-0.1, -0.05) is 20.8 Å². The van der Waals surface area contributed by atoms with Crippen LogP contribution in [0.5, 0.6) is 0 Å². The highest BCUT2D eigenvalue weighted by Crippen LogP contribution is 2.37. The van der Waals surface area contributed by atoms with Crippen LogP contribution in [0.3, 0.4) is 0 Å². The van der Waals surface area contributed by atoms with Gasteiger partial charge in [0.25, 0.3) is 0 Å². The first-order valence-corrected chi connectivity index (χ1v) is 12.5. The van der Waals surface area contributed by atoms with E-state index in [9.17, 15) is 14.9 Å². The van der Waals surface area contributed by atoms with Crippen molar-refractivity contribution in [1.82, 2.24) is 14.8 Å². The summed E-state index contributed by atoms with van der Waals surface area (Å²) in [6.45, 7) is 14.3. The molecule has 3 aliphatic rings. The molecule has 0 aromatic carbocycles. The molecule has 0 aliphatic carbocycles. The predicted octanol–water partition coefficient (Wildman–Crippen LogP) is 2.84. The van der Waals surface area contributed by atoms with Gasteiger partial charge in [0, 0.05) is 51.3 Å². The minimum Gasteiger partial charge on any atom is -0.370 e. The zero-order valence-corrected chi connectivity index (χ0v) is 21.2. The number of amides is 2. The Hall–Kier alpha value is -2.66. The van der Waals surface area contributed by atoms with Crippen molar-refractivity contribution >= 4 is 17.6 Å². The Balaban J connectivity index is 1.52. The third-order valence-electron chi connectivity index (χ3n) is 7.41. The molecule has 0 atom stereocenters. The van der Waals surface area contributed by atoms with Gasteiger partial charge in [-0.2, -0.15) is 5.26 Å². The van der Waals surface area contributed by atoms with Crippen molar-refractivity contribution in [3.05, 3.63) is 22.4 Å². The fraction of sp³-hybridized carbons (Fsp3) is 0.692. The number of aromatic nitrogens is 1. The van der Waals surface area contributed by atoms with Gasteiger partial charge < -0.3 is 19.4 Å². The molecule has 2 fully saturated rings. The van der Waals surface area contributed by atoms with Crippen LogP contribution in [0, 0.1) is 17.2 Å². The molecule has 0 N–H and O–H groups in total. The summed E-state index contributed by atoms with van der Waals surface area (Å²) in [6, 6.07) is 2.42. The van der Waals surface area contributed by atoms with Crippen LogP contribution in [0.2, 0.25) is 0 Å². The van der Waals surface area contributed by atoms with E-state index < -0.39 is 5.91 Å². The number of ether oxygens (including phenoxy) is 1. The number of fused-ring (bicyclic) bond motifs is 1. The number of rotatable bonds is 2. The van der Waals surface area contributed by atoms with Gasteiger partial charge >= 0.3 is 11.8 Å². The number of carbonyl (C=O) groups excluding carboxylic acids is 2. The number of piperidine rings is 1. The van der Waals surface area contributed by atoms with Crippen molar-refractivity contribution < 1.29 is 14.3 Å². The van der Waals surface area contributed by atoms with E-state index in [4.69, 9.17) is 9.72 Å². The van der Waals surface area contributed by atoms with E-state index in [1.54, 1.807) is 9.80 Å². The maximum atomic E-state index is 12.9. The molecular weight excluding hydrogens is 430 g/mol. The highest BCUT2D eigenvalue weighted by molar-refractivity contribution is 6.34. The largest absolute Gasteiger partial charge is 0.370 e. The number of hydrogen-bond acceptors (Lipinski definition) is 6. The SMILES string of the molecule is CC1CCN(C(=O)C(=O)N2CCN(c3nc(C(C)C)c4c(c3C#N)CC(C)(C)OC4)CC2)CC1. The summed E-state index contributed by atoms with van der Waals surface area (Å²) in [5.74, 6) is 0.724. The van der Waals surface area contributed by atoms with E-state index in [0.29, 0.717) is 69.6 Å². The maximum Gasteiger partial charge on any atom is 0.312 e. The summed E-state index contributed by atoms with van der Waals surface area (Å²) in [5.41, 5.74) is 3.36. The zero-order valence-electron chi connectivity index (χ0n) is 21.2. The first-order valence-electron chi connectivity index (χ1n) is 12.5. The number of pyridine rings is 1. The highest BCUT2D eigenvalue weighted by atomic mass is 16.5. The maximum absolute atomic E-state index is 12.9. The van der Waals surface area contributed by atoms with Crippen LogP contribution in [0.4, 0.5) is 5.82 Å². The highest BCUT2D eigenvalue weighted by Gasteiger charge is 2.35. The molecule has 8 heteroatoms. The lowest BCUT2D eigenvalue weighted by atomic mass is 9.86. The van der Waals surface area contributed by atoms with Gasteiger partial charge in [0.05, 0.1) is 23.5 Å². The number of piperazine rings is 1. The second kappa shape index (κ2) is 9.53. The van der Waals surface area contributed by atoms with E-state index in [-0.39, 0.29) is 17.4 Å². The third kappa shape index (κ3) is 4.76. The minimum atomic E-state index is -0.408. The smallest absolute Gasteiger partial charge is 0.312 e. The summed E-state index contributed by atoms with van der Waals surface area (Å²) in [6.07, 6.45) is 2.57. The van der Waals surface area contributed by atoms with Gasteiger partial charge in [-0.3, -0.25) is 9.59 Å². The Morgan fingerprint density at radius 1 is 1.03 bits per heavy atom. The van der Waals surface area contributed by atoms with Crippen LogP contribution in [0.15, 0.2) is 0 Å². The standard InChI is InChI=1S/C26H37N5O3/c1-17(2)22-21-16-34-26(4,5)14-19(21)20(15-27)23(28-22)29-10-12-31(13-11-29)25(33)24(32)30-8-6-18(3)7-9-30/h17-18H,6-14,16H2,1-5H3. The average Bonchev–Trinajstić information content (AvgIpc) is 2.82. The fourth-order valence-electron chi connectivity index (χ4n) is 5.21. The topological polar surface area (TPSA) is 89.8 Å². The molecule has 0 saturated carbocycles. The summed E-state index contributed by atoms with van der Waals surface area (Å²) >= 11 is 0. The summed E-state index contributed by atoms with van der Waals surface area (Å²) in [4.78, 5) is 36.1. The van der Waals surface area contributed by atoms with Gasteiger partial charge in [0.2, 0.25) is 0 Å². The molecule has 0 radical (unpaired) electrons. The molecule has 1 aromatic rings. The van der Waals surface area contributed by atoms with Crippen molar-refractivity contribution in [2.24, 2.45) is 5.92 Å². The minimum absolute atomic E-state index is 0.206. The van der Waals surface area contributed by atoms with Crippen molar-refractivity contribution in [3.8, 4) is 6.07 Å². The van der Waals surface area contributed by atoms with Crippen LogP contribution in [0.25, 0.3) is 0 Å². The van der Waals surface area contributed by atoms with Crippen molar-refractivity contribution in [2.75, 3.05) is 44.2 Å². The third-order valence-corrected chi connectivity index (χ3v) is 7.41. The Morgan fingerprint density at radius 3 is 2.18 bits per heavy atom. The number of likely N-dealkylation sites (tertiary alicyclic amines) is 1. The lowest BCUT2D eigenvalue weighted by Crippen LogP contribution is -2.54. The summed E-state index contributed by atoms with van der Waals surface area (Å²) < 4.78 is 6.04. The van der Waals surface area contributed by atoms with Crippen LogP contribution in [-0.4, -0.2) is 71.5 Å². The van der Waals surface area contributed by atoms with Crippen LogP contribution in [-0.2, 0) is 27.4 Å². The lowest BCUT2D eigenvalue weighted by molar-refractivity contribution is -0.152. The monoisotopic (exact) mass is 467 g/mol. The molecule has 1 aromatic heterocycles. The fourth-order valence-corrected chi connectivity index (χ4v) is 5.21. The Kier molecular flexibility index (Phi) is 6.86. The van der Waals surface area contributed by atoms with Gasteiger partial charge in [0.1, 0.15) is 11.9 Å². The normalized spacial score (nSPS) is 20.8. The first-order chi connectivity index (χ1) is 16.1. The zero-order chi connectivity index (χ0) is 24.6. The molecule has 4 rings (SSSR count). The van der Waals surface area contributed by atoms with Crippen LogP contribution < -0.4 is 4.90 Å². The first kappa shape index (κ1) is 24.5. The average molecular weight is 468 g/mol. The molecule has 2 saturated heterocycles. The number of nitriles is 1. The second-order valence-electron chi connectivity index (χ2n) is 10.9. The van der Waals surface area contributed by atoms with Crippen molar-refractivity contribution in [3.63, 3.8) is 0 Å². The number of anilines is 1. The molecule has 2 amide bonds. The molecule has 34 heavy (non-hydrogen) atoms. The molecule has 3 aliphatic heterocycles. The number of hydrogen-bond donors (Lipinski definition) is 0. The molecule has 8 nitrogen and oxygen atoms in total. The van der Waals surface area contributed by atoms with Gasteiger partial charge in [0.15, 0.2) is 0 Å².